The van der Waals surface area contributed by atoms with E-state index in [1.165, 1.54) is 0 Å². The number of sulfone groups is 2. The Balaban J connectivity index is 2.32. The lowest BCUT2D eigenvalue weighted by Crippen LogP contribution is -2.24. The summed E-state index contributed by atoms with van der Waals surface area (Å²) in [6.45, 7) is 0. The van der Waals surface area contributed by atoms with E-state index in [2.05, 4.69) is 0 Å². The maximum Gasteiger partial charge on any atom is 0.501 e. The molecule has 0 saturated heterocycles. The molecule has 2 rings (SSSR count). The number of carbonyl (C=O) groups excluding carboxylic acids is 1. The zero-order chi connectivity index (χ0) is 25.4. The van der Waals surface area contributed by atoms with E-state index in [9.17, 15) is 49.1 Å². The average Bonchev–Trinajstić information content (AvgIpc) is 2.67. The van der Waals surface area contributed by atoms with Crippen molar-refractivity contribution in [3.63, 3.8) is 0 Å². The molecule has 1 amide bonds. The normalized spacial score (nSPS) is 13.4. The van der Waals surface area contributed by atoms with Crippen LogP contribution in [0.15, 0.2) is 51.1 Å². The summed E-state index contributed by atoms with van der Waals surface area (Å²) in [5, 5.41) is 12.9. The highest BCUT2D eigenvalue weighted by molar-refractivity contribution is 7.92. The molecule has 0 saturated carbocycles. The van der Waals surface area contributed by atoms with E-state index in [-0.39, 0.29) is 5.02 Å². The standard InChI is InChI=1S/C16H12ClF3N2O8S3/c1-32(27,28)9-3-5-14(13(7-9)22(24)25)31(26)8-15(23)21-12-6-10(2-4-11(12)17)33(29,30)16(18,19)20/h2-7H,8H2,1H3,(H,21,23). The second-order valence-electron chi connectivity index (χ2n) is 6.29. The molecule has 0 fully saturated rings. The third kappa shape index (κ3) is 6.07. The minimum atomic E-state index is -5.74. The molecule has 180 valence electrons. The number of nitrogens with zero attached hydrogens (tertiary/aromatic N) is 1. The number of alkyl halides is 3. The number of anilines is 1. The molecule has 10 nitrogen and oxygen atoms in total. The van der Waals surface area contributed by atoms with Gasteiger partial charge in [0.1, 0.15) is 10.6 Å². The zero-order valence-corrected chi connectivity index (χ0v) is 19.3. The molecule has 0 aliphatic carbocycles. The van der Waals surface area contributed by atoms with Gasteiger partial charge in [0.25, 0.3) is 15.5 Å². The van der Waals surface area contributed by atoms with Crippen LogP contribution in [-0.4, -0.2) is 49.4 Å². The smallest absolute Gasteiger partial charge is 0.324 e. The third-order valence-electron chi connectivity index (χ3n) is 3.89. The highest BCUT2D eigenvalue weighted by Crippen LogP contribution is 2.34. The van der Waals surface area contributed by atoms with Gasteiger partial charge in [-0.1, -0.05) is 11.6 Å². The van der Waals surface area contributed by atoms with Crippen LogP contribution in [0.3, 0.4) is 0 Å². The third-order valence-corrected chi connectivity index (χ3v) is 8.17. The molecule has 0 heterocycles. The first-order valence-corrected chi connectivity index (χ1v) is 13.3. The zero-order valence-electron chi connectivity index (χ0n) is 16.1. The predicted molar refractivity (Wildman–Crippen MR) is 111 cm³/mol. The van der Waals surface area contributed by atoms with E-state index in [1.54, 1.807) is 0 Å². The number of rotatable bonds is 7. The largest absolute Gasteiger partial charge is 0.501 e. The molecule has 0 spiro atoms. The highest BCUT2D eigenvalue weighted by Gasteiger charge is 2.47. The summed E-state index contributed by atoms with van der Waals surface area (Å²) in [6, 6.07) is 4.34. The van der Waals surface area contributed by atoms with Crippen molar-refractivity contribution in [2.24, 2.45) is 0 Å². The second-order valence-corrected chi connectivity index (χ2v) is 12.1. The number of hydrogen-bond donors (Lipinski definition) is 1. The summed E-state index contributed by atoms with van der Waals surface area (Å²) < 4.78 is 96.9. The molecule has 33 heavy (non-hydrogen) atoms. The Labute approximate surface area is 192 Å². The first kappa shape index (κ1) is 26.7. The summed E-state index contributed by atoms with van der Waals surface area (Å²) in [5.41, 5.74) is -6.98. The summed E-state index contributed by atoms with van der Waals surface area (Å²) in [4.78, 5) is 20.4. The van der Waals surface area contributed by atoms with Crippen LogP contribution in [0.2, 0.25) is 5.02 Å². The molecule has 0 bridgehead atoms. The molecular formula is C16H12ClF3N2O8S3. The van der Waals surface area contributed by atoms with Crippen molar-refractivity contribution in [3.05, 3.63) is 51.5 Å². The van der Waals surface area contributed by atoms with Crippen LogP contribution in [0.1, 0.15) is 0 Å². The van der Waals surface area contributed by atoms with Gasteiger partial charge in [0.15, 0.2) is 9.84 Å². The number of nitro groups is 1. The van der Waals surface area contributed by atoms with Crippen LogP contribution in [0.25, 0.3) is 0 Å². The maximum absolute atomic E-state index is 12.7. The van der Waals surface area contributed by atoms with E-state index in [1.807, 2.05) is 5.32 Å². The number of carbonyl (C=O) groups is 1. The Bertz CT molecular complexity index is 1380. The van der Waals surface area contributed by atoms with Gasteiger partial charge in [0.05, 0.1) is 36.2 Å². The fourth-order valence-corrected chi connectivity index (χ4v) is 4.99. The number of hydrogen-bond acceptors (Lipinski definition) is 8. The number of nitro benzene ring substituents is 1. The predicted octanol–water partition coefficient (Wildman–Crippen LogP) is 2.69. The Kier molecular flexibility index (Phi) is 7.57. The topological polar surface area (TPSA) is 158 Å². The lowest BCUT2D eigenvalue weighted by molar-refractivity contribution is -0.388. The van der Waals surface area contributed by atoms with E-state index in [4.69, 9.17) is 11.6 Å². The quantitative estimate of drug-likeness (QED) is 0.408. The van der Waals surface area contributed by atoms with Crippen molar-refractivity contribution < 1.29 is 43.9 Å². The maximum atomic E-state index is 12.7. The highest BCUT2D eigenvalue weighted by atomic mass is 35.5. The Hall–Kier alpha value is -2.56. The Morgan fingerprint density at radius 3 is 2.21 bits per heavy atom. The molecule has 0 aliphatic heterocycles. The number of halogens is 4. The second kappa shape index (κ2) is 9.36. The van der Waals surface area contributed by atoms with E-state index in [0.29, 0.717) is 18.2 Å². The minimum Gasteiger partial charge on any atom is -0.324 e. The lowest BCUT2D eigenvalue weighted by Gasteiger charge is -2.12. The van der Waals surface area contributed by atoms with Crippen LogP contribution in [0, 0.1) is 10.1 Å². The lowest BCUT2D eigenvalue weighted by atomic mass is 10.3. The van der Waals surface area contributed by atoms with E-state index in [0.717, 1.165) is 24.5 Å². The number of amides is 1. The van der Waals surface area contributed by atoms with Gasteiger partial charge in [-0.15, -0.1) is 0 Å². The van der Waals surface area contributed by atoms with Crippen molar-refractivity contribution in [3.8, 4) is 0 Å². The van der Waals surface area contributed by atoms with Crippen LogP contribution >= 0.6 is 11.6 Å². The molecule has 0 aliphatic rings. The molecule has 2 aromatic carbocycles. The van der Waals surface area contributed by atoms with E-state index < -0.39 is 78.6 Å². The molecule has 2 aromatic rings. The first-order chi connectivity index (χ1) is 14.9. The van der Waals surface area contributed by atoms with Crippen molar-refractivity contribution in [2.45, 2.75) is 20.2 Å². The van der Waals surface area contributed by atoms with E-state index >= 15 is 0 Å². The molecule has 0 radical (unpaired) electrons. The summed E-state index contributed by atoms with van der Waals surface area (Å²) in [6.07, 6.45) is 0.799. The van der Waals surface area contributed by atoms with Gasteiger partial charge in [0.2, 0.25) is 5.91 Å². The van der Waals surface area contributed by atoms with Crippen molar-refractivity contribution >= 4 is 59.4 Å². The number of nitrogens with one attached hydrogen (secondary N) is 1. The van der Waals surface area contributed by atoms with Gasteiger partial charge in [-0.25, -0.2) is 16.8 Å². The van der Waals surface area contributed by atoms with Gasteiger partial charge < -0.3 is 5.32 Å². The summed E-state index contributed by atoms with van der Waals surface area (Å²) >= 11 is 5.77. The van der Waals surface area contributed by atoms with Gasteiger partial charge in [-0.3, -0.25) is 19.1 Å². The average molecular weight is 549 g/mol. The van der Waals surface area contributed by atoms with Crippen LogP contribution in [-0.2, 0) is 35.3 Å². The Morgan fingerprint density at radius 2 is 1.70 bits per heavy atom. The molecular weight excluding hydrogens is 537 g/mol. The van der Waals surface area contributed by atoms with Crippen LogP contribution in [0.5, 0.6) is 0 Å². The SMILES string of the molecule is CS(=O)(=O)c1ccc(S(=O)CC(=O)Nc2cc(S(=O)(=O)C(F)(F)F)ccc2Cl)c([N+](=O)[O-])c1. The van der Waals surface area contributed by atoms with Crippen molar-refractivity contribution in [1.29, 1.82) is 0 Å². The van der Waals surface area contributed by atoms with Crippen molar-refractivity contribution in [2.75, 3.05) is 17.3 Å². The molecule has 0 aromatic heterocycles. The molecule has 17 heteroatoms. The van der Waals surface area contributed by atoms with Gasteiger partial charge >= 0.3 is 5.51 Å². The van der Waals surface area contributed by atoms with Gasteiger partial charge in [-0.05, 0) is 30.3 Å². The fourth-order valence-electron chi connectivity index (χ4n) is 2.35. The minimum absolute atomic E-state index is 0.334. The fraction of sp³-hybridized carbons (Fsp3) is 0.188. The summed E-state index contributed by atoms with van der Waals surface area (Å²) in [7, 11) is -12.0. The molecule has 1 N–H and O–H groups in total. The molecule has 1 atom stereocenters. The van der Waals surface area contributed by atoms with Gasteiger partial charge in [0, 0.05) is 12.3 Å². The van der Waals surface area contributed by atoms with Crippen LogP contribution in [0.4, 0.5) is 24.5 Å². The summed E-state index contributed by atoms with van der Waals surface area (Å²) in [5.74, 6) is -2.07. The Morgan fingerprint density at radius 1 is 1.12 bits per heavy atom. The first-order valence-electron chi connectivity index (χ1n) is 8.23. The monoisotopic (exact) mass is 548 g/mol. The molecule has 1 unspecified atom stereocenters. The number of benzene rings is 2. The van der Waals surface area contributed by atoms with Crippen LogP contribution < -0.4 is 5.32 Å². The van der Waals surface area contributed by atoms with Gasteiger partial charge in [-0.2, -0.15) is 13.2 Å². The van der Waals surface area contributed by atoms with Crippen molar-refractivity contribution in [1.82, 2.24) is 0 Å².